The van der Waals surface area contributed by atoms with Gasteiger partial charge in [-0.1, -0.05) is 35.5 Å². The molecule has 0 spiro atoms. The standard InChI is InChI=1S/C20H21ClN4O2S/c1-4-26-19-11-15(12-22-25-14(2)23-24-20(25)28-3)8-9-18(19)27-13-16-6-5-7-17(21)10-16/h5-12H,4,13H2,1-3H3/b22-12-. The van der Waals surface area contributed by atoms with Crippen molar-refractivity contribution in [3.05, 3.63) is 64.4 Å². The maximum atomic E-state index is 6.03. The van der Waals surface area contributed by atoms with Gasteiger partial charge in [0.1, 0.15) is 6.61 Å². The Morgan fingerprint density at radius 2 is 2.00 bits per heavy atom. The van der Waals surface area contributed by atoms with E-state index in [-0.39, 0.29) is 0 Å². The van der Waals surface area contributed by atoms with E-state index in [2.05, 4.69) is 15.3 Å². The molecular formula is C20H21ClN4O2S. The molecule has 0 aliphatic carbocycles. The van der Waals surface area contributed by atoms with Gasteiger partial charge in [-0.15, -0.1) is 10.2 Å². The number of ether oxygens (including phenoxy) is 2. The molecule has 0 bridgehead atoms. The van der Waals surface area contributed by atoms with E-state index in [1.807, 2.05) is 62.6 Å². The highest BCUT2D eigenvalue weighted by Gasteiger charge is 2.08. The molecule has 1 aromatic heterocycles. The van der Waals surface area contributed by atoms with Crippen molar-refractivity contribution >= 4 is 29.6 Å². The quantitative estimate of drug-likeness (QED) is 0.389. The van der Waals surface area contributed by atoms with Crippen LogP contribution in [0.4, 0.5) is 0 Å². The molecule has 0 atom stereocenters. The van der Waals surface area contributed by atoms with Crippen LogP contribution in [0.3, 0.4) is 0 Å². The molecule has 28 heavy (non-hydrogen) atoms. The molecule has 0 aliphatic rings. The smallest absolute Gasteiger partial charge is 0.211 e. The number of halogens is 1. The van der Waals surface area contributed by atoms with Gasteiger partial charge < -0.3 is 9.47 Å². The van der Waals surface area contributed by atoms with Crippen LogP contribution >= 0.6 is 23.4 Å². The second kappa shape index (κ2) is 9.61. The molecular weight excluding hydrogens is 396 g/mol. The minimum Gasteiger partial charge on any atom is -0.490 e. The molecule has 3 aromatic rings. The lowest BCUT2D eigenvalue weighted by Crippen LogP contribution is -2.01. The minimum atomic E-state index is 0.408. The van der Waals surface area contributed by atoms with Gasteiger partial charge in [-0.05, 0) is 61.6 Å². The van der Waals surface area contributed by atoms with Gasteiger partial charge in [0.2, 0.25) is 5.16 Å². The molecule has 0 aliphatic heterocycles. The van der Waals surface area contributed by atoms with E-state index in [0.717, 1.165) is 22.1 Å². The number of aryl methyl sites for hydroxylation is 1. The van der Waals surface area contributed by atoms with E-state index in [0.29, 0.717) is 29.7 Å². The normalized spacial score (nSPS) is 11.1. The molecule has 0 fully saturated rings. The summed E-state index contributed by atoms with van der Waals surface area (Å²) >= 11 is 7.52. The zero-order valence-electron chi connectivity index (χ0n) is 15.9. The Kier molecular flexibility index (Phi) is 6.95. The van der Waals surface area contributed by atoms with Gasteiger partial charge in [0.25, 0.3) is 0 Å². The van der Waals surface area contributed by atoms with E-state index in [1.54, 1.807) is 10.9 Å². The Bertz CT molecular complexity index is 975. The van der Waals surface area contributed by atoms with E-state index in [4.69, 9.17) is 21.1 Å². The summed E-state index contributed by atoms with van der Waals surface area (Å²) in [5, 5.41) is 14.0. The molecule has 0 unspecified atom stereocenters. The van der Waals surface area contributed by atoms with Crippen molar-refractivity contribution in [2.24, 2.45) is 5.10 Å². The predicted molar refractivity (Wildman–Crippen MR) is 113 cm³/mol. The van der Waals surface area contributed by atoms with E-state index in [1.165, 1.54) is 11.8 Å². The third kappa shape index (κ3) is 5.05. The lowest BCUT2D eigenvalue weighted by atomic mass is 10.2. The third-order valence-corrected chi connectivity index (χ3v) is 4.68. The molecule has 1 heterocycles. The van der Waals surface area contributed by atoms with Gasteiger partial charge in [-0.2, -0.15) is 9.78 Å². The first-order valence-corrected chi connectivity index (χ1v) is 10.4. The molecule has 0 N–H and O–H groups in total. The Morgan fingerprint density at radius 3 is 2.75 bits per heavy atom. The predicted octanol–water partition coefficient (Wildman–Crippen LogP) is 4.82. The number of nitrogens with zero attached hydrogens (tertiary/aromatic N) is 4. The summed E-state index contributed by atoms with van der Waals surface area (Å²) in [6.45, 7) is 4.75. The maximum Gasteiger partial charge on any atom is 0.211 e. The number of hydrogen-bond donors (Lipinski definition) is 0. The summed E-state index contributed by atoms with van der Waals surface area (Å²) in [4.78, 5) is 0. The van der Waals surface area contributed by atoms with Crippen molar-refractivity contribution in [3.8, 4) is 11.5 Å². The van der Waals surface area contributed by atoms with Crippen molar-refractivity contribution < 1.29 is 9.47 Å². The largest absolute Gasteiger partial charge is 0.490 e. The first kappa shape index (κ1) is 20.2. The van der Waals surface area contributed by atoms with E-state index < -0.39 is 0 Å². The van der Waals surface area contributed by atoms with Crippen LogP contribution in [0.15, 0.2) is 52.7 Å². The summed E-state index contributed by atoms with van der Waals surface area (Å²) in [5.74, 6) is 2.07. The highest BCUT2D eigenvalue weighted by atomic mass is 35.5. The monoisotopic (exact) mass is 416 g/mol. The third-order valence-electron chi connectivity index (χ3n) is 3.82. The summed E-state index contributed by atoms with van der Waals surface area (Å²) in [6, 6.07) is 13.3. The fraction of sp³-hybridized carbons (Fsp3) is 0.250. The van der Waals surface area contributed by atoms with Gasteiger partial charge >= 0.3 is 0 Å². The number of hydrogen-bond acceptors (Lipinski definition) is 6. The van der Waals surface area contributed by atoms with Gasteiger partial charge in [0.15, 0.2) is 17.3 Å². The van der Waals surface area contributed by atoms with E-state index >= 15 is 0 Å². The SMILES string of the molecule is CCOc1cc(/C=N\n2c(C)nnc2SC)ccc1OCc1cccc(Cl)c1. The van der Waals surface area contributed by atoms with Crippen LogP contribution in [0.25, 0.3) is 0 Å². The van der Waals surface area contributed by atoms with Crippen molar-refractivity contribution in [2.45, 2.75) is 25.6 Å². The molecule has 6 nitrogen and oxygen atoms in total. The maximum absolute atomic E-state index is 6.03. The fourth-order valence-corrected chi connectivity index (χ4v) is 3.19. The lowest BCUT2D eigenvalue weighted by molar-refractivity contribution is 0.269. The van der Waals surface area contributed by atoms with Crippen LogP contribution < -0.4 is 9.47 Å². The van der Waals surface area contributed by atoms with Gasteiger partial charge in [0, 0.05) is 5.02 Å². The highest BCUT2D eigenvalue weighted by molar-refractivity contribution is 7.98. The number of aromatic nitrogens is 3. The van der Waals surface area contributed by atoms with E-state index in [9.17, 15) is 0 Å². The Balaban J connectivity index is 1.78. The highest BCUT2D eigenvalue weighted by Crippen LogP contribution is 2.29. The Morgan fingerprint density at radius 1 is 1.14 bits per heavy atom. The summed E-state index contributed by atoms with van der Waals surface area (Å²) in [5.41, 5.74) is 1.88. The molecule has 0 radical (unpaired) electrons. The van der Waals surface area contributed by atoms with Crippen LogP contribution in [-0.2, 0) is 6.61 Å². The number of benzene rings is 2. The summed E-state index contributed by atoms with van der Waals surface area (Å²) in [7, 11) is 0. The van der Waals surface area contributed by atoms with Crippen LogP contribution in [0.1, 0.15) is 23.9 Å². The fourth-order valence-electron chi connectivity index (χ4n) is 2.50. The molecule has 0 saturated heterocycles. The van der Waals surface area contributed by atoms with Crippen molar-refractivity contribution in [2.75, 3.05) is 12.9 Å². The lowest BCUT2D eigenvalue weighted by Gasteiger charge is -2.13. The second-order valence-corrected chi connectivity index (χ2v) is 7.06. The average Bonchev–Trinajstić information content (AvgIpc) is 3.05. The first-order chi connectivity index (χ1) is 13.6. The molecule has 3 rings (SSSR count). The van der Waals surface area contributed by atoms with Gasteiger partial charge in [-0.25, -0.2) is 0 Å². The molecule has 146 valence electrons. The van der Waals surface area contributed by atoms with Gasteiger partial charge in [-0.3, -0.25) is 0 Å². The van der Waals surface area contributed by atoms with Crippen molar-refractivity contribution in [3.63, 3.8) is 0 Å². The van der Waals surface area contributed by atoms with Crippen LogP contribution in [0.5, 0.6) is 11.5 Å². The second-order valence-electron chi connectivity index (χ2n) is 5.85. The van der Waals surface area contributed by atoms with Crippen LogP contribution in [0.2, 0.25) is 5.02 Å². The first-order valence-electron chi connectivity index (χ1n) is 8.75. The zero-order valence-corrected chi connectivity index (χ0v) is 17.5. The topological polar surface area (TPSA) is 61.5 Å². The van der Waals surface area contributed by atoms with Crippen molar-refractivity contribution in [1.82, 2.24) is 14.9 Å². The summed E-state index contributed by atoms with van der Waals surface area (Å²) < 4.78 is 13.4. The van der Waals surface area contributed by atoms with Gasteiger partial charge in [0.05, 0.1) is 12.8 Å². The van der Waals surface area contributed by atoms with Crippen LogP contribution in [-0.4, -0.2) is 34.0 Å². The van der Waals surface area contributed by atoms with Crippen LogP contribution in [0, 0.1) is 6.92 Å². The molecule has 0 amide bonds. The van der Waals surface area contributed by atoms with Crippen molar-refractivity contribution in [1.29, 1.82) is 0 Å². The zero-order chi connectivity index (χ0) is 19.9. The number of thioether (sulfide) groups is 1. The average molecular weight is 417 g/mol. The Labute approximate surface area is 173 Å². The molecule has 8 heteroatoms. The molecule has 0 saturated carbocycles. The summed E-state index contributed by atoms with van der Waals surface area (Å²) in [6.07, 6.45) is 3.69. The Hall–Kier alpha value is -2.51. The molecule has 2 aromatic carbocycles. The minimum absolute atomic E-state index is 0.408. The number of rotatable bonds is 8.